The molecule has 0 radical (unpaired) electrons. The summed E-state index contributed by atoms with van der Waals surface area (Å²) in [4.78, 5) is 21.7. The molecule has 2 N–H and O–H groups in total. The lowest BCUT2D eigenvalue weighted by atomic mass is 9.92. The van der Waals surface area contributed by atoms with Gasteiger partial charge in [-0.15, -0.1) is 0 Å². The smallest absolute Gasteiger partial charge is 0.231 e. The highest BCUT2D eigenvalue weighted by atomic mass is 35.5. The van der Waals surface area contributed by atoms with E-state index >= 15 is 0 Å². The number of rotatable bonds is 6. The number of hydrogen-bond donors (Lipinski definition) is 1. The largest absolute Gasteiger partial charge is 0.369 e. The predicted octanol–water partition coefficient (Wildman–Crippen LogP) is 4.70. The van der Waals surface area contributed by atoms with E-state index in [2.05, 4.69) is 21.8 Å². The third kappa shape index (κ3) is 5.39. The van der Waals surface area contributed by atoms with Crippen LogP contribution in [0.15, 0.2) is 48.5 Å². The first-order valence-electron chi connectivity index (χ1n) is 10.8. The molecule has 1 fully saturated rings. The fraction of sp³-hybridized carbons (Fsp3) is 0.280. The van der Waals surface area contributed by atoms with Crippen LogP contribution < -0.4 is 5.73 Å². The summed E-state index contributed by atoms with van der Waals surface area (Å²) >= 11 is 12.8. The van der Waals surface area contributed by atoms with Crippen molar-refractivity contribution >= 4 is 29.1 Å². The quantitative estimate of drug-likeness (QED) is 0.528. The molecular weight excluding hydrogens is 481 g/mol. The molecule has 1 atom stereocenters. The van der Waals surface area contributed by atoms with Gasteiger partial charge in [0.05, 0.1) is 11.4 Å². The fourth-order valence-corrected chi connectivity index (χ4v) is 4.79. The third-order valence-corrected chi connectivity index (χ3v) is 6.64. The Morgan fingerprint density at radius 3 is 2.35 bits per heavy atom. The Bertz CT molecular complexity index is 1200. The molecule has 5 nitrogen and oxygen atoms in total. The summed E-state index contributed by atoms with van der Waals surface area (Å²) in [5.74, 6) is -3.17. The number of primary amides is 1. The van der Waals surface area contributed by atoms with Crippen molar-refractivity contribution < 1.29 is 13.6 Å². The first-order chi connectivity index (χ1) is 16.2. The Morgan fingerprint density at radius 2 is 1.74 bits per heavy atom. The van der Waals surface area contributed by atoms with Gasteiger partial charge in [-0.3, -0.25) is 14.7 Å². The van der Waals surface area contributed by atoms with Gasteiger partial charge >= 0.3 is 0 Å². The zero-order chi connectivity index (χ0) is 24.4. The van der Waals surface area contributed by atoms with Crippen LogP contribution in [-0.4, -0.2) is 53.9 Å². The SMILES string of the molecule is CN1CCN(Cc2cc(-c3ccc(F)cc3F)nc(C(C(N)=O)c3c(Cl)cccc3Cl)c2)CC1. The number of piperazine rings is 1. The number of carbonyl (C=O) groups excluding carboxylic acids is 1. The third-order valence-electron chi connectivity index (χ3n) is 5.98. The highest BCUT2D eigenvalue weighted by Crippen LogP contribution is 2.36. The van der Waals surface area contributed by atoms with Crippen molar-refractivity contribution in [2.45, 2.75) is 12.5 Å². The zero-order valence-electron chi connectivity index (χ0n) is 18.6. The van der Waals surface area contributed by atoms with E-state index in [4.69, 9.17) is 28.9 Å². The summed E-state index contributed by atoms with van der Waals surface area (Å²) in [6.45, 7) is 4.15. The maximum Gasteiger partial charge on any atom is 0.231 e. The Kier molecular flexibility index (Phi) is 7.48. The molecule has 1 saturated heterocycles. The molecule has 0 aliphatic carbocycles. The Hall–Kier alpha value is -2.58. The van der Waals surface area contributed by atoms with Gasteiger partial charge in [-0.1, -0.05) is 29.3 Å². The minimum absolute atomic E-state index is 0.122. The van der Waals surface area contributed by atoms with Crippen molar-refractivity contribution in [1.29, 1.82) is 0 Å². The van der Waals surface area contributed by atoms with Gasteiger partial charge in [-0.2, -0.15) is 0 Å². The van der Waals surface area contributed by atoms with Crippen LogP contribution in [0.5, 0.6) is 0 Å². The predicted molar refractivity (Wildman–Crippen MR) is 130 cm³/mol. The van der Waals surface area contributed by atoms with E-state index in [-0.39, 0.29) is 21.3 Å². The van der Waals surface area contributed by atoms with Gasteiger partial charge in [0.25, 0.3) is 0 Å². The molecule has 34 heavy (non-hydrogen) atoms. The van der Waals surface area contributed by atoms with E-state index in [0.717, 1.165) is 37.8 Å². The summed E-state index contributed by atoms with van der Waals surface area (Å²) in [6, 6.07) is 11.7. The maximum absolute atomic E-state index is 14.7. The summed E-state index contributed by atoms with van der Waals surface area (Å²) in [5.41, 5.74) is 7.65. The first-order valence-corrected chi connectivity index (χ1v) is 11.6. The van der Waals surface area contributed by atoms with Crippen molar-refractivity contribution in [1.82, 2.24) is 14.8 Å². The second-order valence-corrected chi connectivity index (χ2v) is 9.27. The van der Waals surface area contributed by atoms with Gasteiger partial charge in [0, 0.05) is 60.0 Å². The molecule has 0 spiro atoms. The van der Waals surface area contributed by atoms with Crippen LogP contribution in [0.2, 0.25) is 10.0 Å². The van der Waals surface area contributed by atoms with E-state index in [1.807, 2.05) is 0 Å². The zero-order valence-corrected chi connectivity index (χ0v) is 20.1. The molecular formula is C25H24Cl2F2N4O. The minimum atomic E-state index is -1.05. The van der Waals surface area contributed by atoms with Crippen molar-refractivity contribution in [2.24, 2.45) is 5.73 Å². The van der Waals surface area contributed by atoms with Gasteiger partial charge in [0.15, 0.2) is 0 Å². The number of hydrogen-bond acceptors (Lipinski definition) is 4. The monoisotopic (exact) mass is 504 g/mol. The average molecular weight is 505 g/mol. The molecule has 4 rings (SSSR count). The number of benzene rings is 2. The fourth-order valence-electron chi connectivity index (χ4n) is 4.17. The van der Waals surface area contributed by atoms with Crippen LogP contribution in [0.1, 0.15) is 22.7 Å². The van der Waals surface area contributed by atoms with Gasteiger partial charge in [0.1, 0.15) is 17.6 Å². The highest BCUT2D eigenvalue weighted by Gasteiger charge is 2.28. The molecule has 178 valence electrons. The molecule has 1 aromatic heterocycles. The van der Waals surface area contributed by atoms with Gasteiger partial charge in [-0.25, -0.2) is 8.78 Å². The lowest BCUT2D eigenvalue weighted by molar-refractivity contribution is -0.118. The minimum Gasteiger partial charge on any atom is -0.369 e. The van der Waals surface area contributed by atoms with Crippen molar-refractivity contribution in [2.75, 3.05) is 33.2 Å². The lowest BCUT2D eigenvalue weighted by Crippen LogP contribution is -2.43. The van der Waals surface area contributed by atoms with Crippen LogP contribution in [-0.2, 0) is 11.3 Å². The average Bonchev–Trinajstić information content (AvgIpc) is 2.77. The number of carbonyl (C=O) groups is 1. The van der Waals surface area contributed by atoms with Crippen molar-refractivity contribution in [3.8, 4) is 11.3 Å². The van der Waals surface area contributed by atoms with E-state index in [9.17, 15) is 13.6 Å². The van der Waals surface area contributed by atoms with Crippen LogP contribution in [0, 0.1) is 11.6 Å². The molecule has 9 heteroatoms. The molecule has 3 aromatic rings. The number of pyridine rings is 1. The summed E-state index contributed by atoms with van der Waals surface area (Å²) in [5, 5.41) is 0.550. The van der Waals surface area contributed by atoms with Crippen LogP contribution >= 0.6 is 23.2 Å². The molecule has 1 amide bonds. The maximum atomic E-state index is 14.7. The normalized spacial score (nSPS) is 15.9. The summed E-state index contributed by atoms with van der Waals surface area (Å²) in [6.07, 6.45) is 0. The molecule has 1 unspecified atom stereocenters. The summed E-state index contributed by atoms with van der Waals surface area (Å²) in [7, 11) is 2.07. The highest BCUT2D eigenvalue weighted by molar-refractivity contribution is 6.36. The van der Waals surface area contributed by atoms with E-state index in [1.165, 1.54) is 12.1 Å². The number of nitrogens with zero attached hydrogens (tertiary/aromatic N) is 3. The number of likely N-dealkylation sites (N-methyl/N-ethyl adjacent to an activating group) is 1. The molecule has 0 bridgehead atoms. The Labute approximate surface area is 207 Å². The van der Waals surface area contributed by atoms with Crippen LogP contribution in [0.4, 0.5) is 8.78 Å². The van der Waals surface area contributed by atoms with Gasteiger partial charge in [0.2, 0.25) is 5.91 Å². The summed E-state index contributed by atoms with van der Waals surface area (Å²) < 4.78 is 28.2. The molecule has 1 aliphatic rings. The number of aromatic nitrogens is 1. The van der Waals surface area contributed by atoms with Crippen LogP contribution in [0.3, 0.4) is 0 Å². The van der Waals surface area contributed by atoms with Gasteiger partial charge in [-0.05, 0) is 49.0 Å². The van der Waals surface area contributed by atoms with E-state index in [0.29, 0.717) is 17.8 Å². The lowest BCUT2D eigenvalue weighted by Gasteiger charge is -2.32. The van der Waals surface area contributed by atoms with Crippen molar-refractivity contribution in [3.63, 3.8) is 0 Å². The van der Waals surface area contributed by atoms with E-state index < -0.39 is 23.5 Å². The number of amides is 1. The van der Waals surface area contributed by atoms with Crippen LogP contribution in [0.25, 0.3) is 11.3 Å². The molecule has 2 aromatic carbocycles. The van der Waals surface area contributed by atoms with Crippen molar-refractivity contribution in [3.05, 3.63) is 87.0 Å². The Balaban J connectivity index is 1.84. The molecule has 1 aliphatic heterocycles. The Morgan fingerprint density at radius 1 is 1.06 bits per heavy atom. The topological polar surface area (TPSA) is 62.5 Å². The molecule has 2 heterocycles. The first kappa shape index (κ1) is 24.5. The second kappa shape index (κ2) is 10.4. The van der Waals surface area contributed by atoms with E-state index in [1.54, 1.807) is 30.3 Å². The molecule has 0 saturated carbocycles. The standard InChI is InChI=1S/C25H24Cl2F2N4O/c1-32-7-9-33(10-8-32)14-15-11-21(17-6-5-16(28)13-20(17)29)31-22(12-15)24(25(30)34)23-18(26)3-2-4-19(23)27/h2-6,11-13,24H,7-10,14H2,1H3,(H2,30,34). The number of nitrogens with two attached hydrogens (primary N) is 1. The second-order valence-electron chi connectivity index (χ2n) is 8.46. The van der Waals surface area contributed by atoms with Gasteiger partial charge < -0.3 is 10.6 Å². The number of halogens is 4.